The first-order valence-electron chi connectivity index (χ1n) is 9.28. The Morgan fingerprint density at radius 1 is 1.18 bits per heavy atom. The maximum Gasteiger partial charge on any atom is 0.0529 e. The van der Waals surface area contributed by atoms with Crippen molar-refractivity contribution in [1.82, 2.24) is 5.32 Å². The fourth-order valence-electron chi connectivity index (χ4n) is 5.87. The fourth-order valence-corrected chi connectivity index (χ4v) is 7.79. The van der Waals surface area contributed by atoms with Gasteiger partial charge in [0.25, 0.3) is 0 Å². The van der Waals surface area contributed by atoms with Crippen LogP contribution >= 0.6 is 11.8 Å². The van der Waals surface area contributed by atoms with Gasteiger partial charge in [-0.2, -0.15) is 0 Å². The Balaban J connectivity index is 1.33. The van der Waals surface area contributed by atoms with Crippen LogP contribution in [0.4, 0.5) is 0 Å². The molecule has 0 saturated heterocycles. The zero-order valence-corrected chi connectivity index (χ0v) is 14.4. The van der Waals surface area contributed by atoms with Gasteiger partial charge >= 0.3 is 0 Å². The minimum Gasteiger partial charge on any atom is -0.319 e. The molecular formula is C20H27NS. The van der Waals surface area contributed by atoms with E-state index >= 15 is 0 Å². The van der Waals surface area contributed by atoms with Crippen molar-refractivity contribution >= 4 is 11.8 Å². The molecule has 0 aromatic carbocycles. The molecule has 1 heterocycles. The van der Waals surface area contributed by atoms with Crippen molar-refractivity contribution in [2.75, 3.05) is 13.6 Å². The van der Waals surface area contributed by atoms with Crippen molar-refractivity contribution in [3.63, 3.8) is 0 Å². The van der Waals surface area contributed by atoms with Crippen LogP contribution in [0.25, 0.3) is 0 Å². The average Bonchev–Trinajstić information content (AvgIpc) is 2.83. The third-order valence-electron chi connectivity index (χ3n) is 6.90. The predicted octanol–water partition coefficient (Wildman–Crippen LogP) is 4.68. The smallest absolute Gasteiger partial charge is 0.0529 e. The summed E-state index contributed by atoms with van der Waals surface area (Å²) < 4.78 is 0.497. The summed E-state index contributed by atoms with van der Waals surface area (Å²) in [6, 6.07) is 0. The van der Waals surface area contributed by atoms with E-state index in [0.29, 0.717) is 4.75 Å². The SMILES string of the molecule is CNCC1CCC(C2=CC=CC34SC5=C(CCC5)C3C24)CC1. The second-order valence-electron chi connectivity index (χ2n) is 8.01. The lowest BCUT2D eigenvalue weighted by Gasteiger charge is -2.32. The van der Waals surface area contributed by atoms with Crippen LogP contribution in [0.1, 0.15) is 44.9 Å². The van der Waals surface area contributed by atoms with Crippen LogP contribution in [0.2, 0.25) is 0 Å². The molecule has 0 radical (unpaired) electrons. The largest absolute Gasteiger partial charge is 0.319 e. The molecule has 1 aliphatic heterocycles. The van der Waals surface area contributed by atoms with Gasteiger partial charge in [-0.25, -0.2) is 0 Å². The summed E-state index contributed by atoms with van der Waals surface area (Å²) in [5.74, 6) is 3.59. The maximum atomic E-state index is 3.37. The average molecular weight is 314 g/mol. The molecule has 1 spiro atoms. The molecule has 5 rings (SSSR count). The lowest BCUT2D eigenvalue weighted by Crippen LogP contribution is -2.25. The Kier molecular flexibility index (Phi) is 3.17. The minimum absolute atomic E-state index is 0.497. The number of fused-ring (bicyclic) bond motifs is 2. The molecule has 22 heavy (non-hydrogen) atoms. The molecule has 1 N–H and O–H groups in total. The molecule has 0 bridgehead atoms. The van der Waals surface area contributed by atoms with Gasteiger partial charge in [-0.1, -0.05) is 29.4 Å². The fraction of sp³-hybridized carbons (Fsp3) is 0.700. The maximum absolute atomic E-state index is 3.37. The van der Waals surface area contributed by atoms with Gasteiger partial charge in [-0.15, -0.1) is 11.8 Å². The van der Waals surface area contributed by atoms with E-state index in [1.807, 2.05) is 11.1 Å². The zero-order valence-electron chi connectivity index (χ0n) is 13.6. The van der Waals surface area contributed by atoms with Crippen molar-refractivity contribution in [3.05, 3.63) is 34.3 Å². The van der Waals surface area contributed by atoms with E-state index in [0.717, 1.165) is 23.7 Å². The van der Waals surface area contributed by atoms with Gasteiger partial charge in [-0.05, 0) is 75.3 Å². The topological polar surface area (TPSA) is 12.0 Å². The predicted molar refractivity (Wildman–Crippen MR) is 94.8 cm³/mol. The lowest BCUT2D eigenvalue weighted by molar-refractivity contribution is 0.290. The van der Waals surface area contributed by atoms with Crippen molar-refractivity contribution in [1.29, 1.82) is 0 Å². The molecule has 2 fully saturated rings. The number of rotatable bonds is 3. The quantitative estimate of drug-likeness (QED) is 0.812. The highest BCUT2D eigenvalue weighted by Gasteiger charge is 2.71. The van der Waals surface area contributed by atoms with Crippen LogP contribution in [0.3, 0.4) is 0 Å². The van der Waals surface area contributed by atoms with Crippen LogP contribution in [0.5, 0.6) is 0 Å². The van der Waals surface area contributed by atoms with E-state index < -0.39 is 0 Å². The van der Waals surface area contributed by atoms with Gasteiger partial charge in [0.1, 0.15) is 0 Å². The van der Waals surface area contributed by atoms with E-state index in [1.54, 1.807) is 4.91 Å². The van der Waals surface area contributed by atoms with E-state index in [9.17, 15) is 0 Å². The lowest BCUT2D eigenvalue weighted by atomic mass is 9.76. The van der Waals surface area contributed by atoms with Gasteiger partial charge in [0.15, 0.2) is 0 Å². The van der Waals surface area contributed by atoms with Crippen LogP contribution < -0.4 is 5.32 Å². The second-order valence-corrected chi connectivity index (χ2v) is 9.42. The highest BCUT2D eigenvalue weighted by atomic mass is 32.2. The van der Waals surface area contributed by atoms with E-state index in [1.165, 1.54) is 51.5 Å². The highest BCUT2D eigenvalue weighted by Crippen LogP contribution is 2.77. The third kappa shape index (κ3) is 1.83. The van der Waals surface area contributed by atoms with E-state index in [-0.39, 0.29) is 0 Å². The summed E-state index contributed by atoms with van der Waals surface area (Å²) in [6.07, 6.45) is 17.4. The monoisotopic (exact) mass is 313 g/mol. The molecule has 2 heteroatoms. The Hall–Kier alpha value is -0.470. The molecule has 4 aliphatic carbocycles. The molecule has 2 saturated carbocycles. The van der Waals surface area contributed by atoms with Crippen LogP contribution in [0.15, 0.2) is 34.3 Å². The first-order valence-corrected chi connectivity index (χ1v) is 10.1. The van der Waals surface area contributed by atoms with Gasteiger partial charge in [0.2, 0.25) is 0 Å². The summed E-state index contributed by atoms with van der Waals surface area (Å²) >= 11 is 2.26. The van der Waals surface area contributed by atoms with Crippen molar-refractivity contribution < 1.29 is 0 Å². The Bertz CT molecular complexity index is 579. The molecular weight excluding hydrogens is 286 g/mol. The summed E-state index contributed by atoms with van der Waals surface area (Å²) in [6.45, 7) is 1.22. The van der Waals surface area contributed by atoms with Crippen molar-refractivity contribution in [2.24, 2.45) is 23.7 Å². The van der Waals surface area contributed by atoms with Gasteiger partial charge in [0, 0.05) is 11.8 Å². The van der Waals surface area contributed by atoms with Gasteiger partial charge < -0.3 is 5.32 Å². The van der Waals surface area contributed by atoms with Crippen LogP contribution in [-0.2, 0) is 0 Å². The molecule has 0 amide bonds. The van der Waals surface area contributed by atoms with Crippen LogP contribution in [0, 0.1) is 23.7 Å². The first kappa shape index (κ1) is 13.9. The summed E-state index contributed by atoms with van der Waals surface area (Å²) in [4.78, 5) is 1.78. The standard InChI is InChI=1S/C20H27NS/c1-21-12-13-7-9-14(10-8-13)15-5-3-11-20-18(15)19(20)16-4-2-6-17(16)22-20/h3,5,11,13-14,18-19,21H,2,4,6-10,12H2,1H3. The summed E-state index contributed by atoms with van der Waals surface area (Å²) in [7, 11) is 2.10. The number of allylic oxidation sites excluding steroid dienone is 5. The van der Waals surface area contributed by atoms with E-state index in [4.69, 9.17) is 0 Å². The van der Waals surface area contributed by atoms with Crippen molar-refractivity contribution in [3.8, 4) is 0 Å². The first-order chi connectivity index (χ1) is 10.8. The van der Waals surface area contributed by atoms with Crippen LogP contribution in [-0.4, -0.2) is 18.3 Å². The normalized spacial score (nSPS) is 45.4. The molecule has 3 atom stereocenters. The summed E-state index contributed by atoms with van der Waals surface area (Å²) in [5.41, 5.74) is 3.71. The molecule has 0 aromatic rings. The van der Waals surface area contributed by atoms with E-state index in [2.05, 4.69) is 42.4 Å². The number of thioether (sulfide) groups is 1. The van der Waals surface area contributed by atoms with Crippen molar-refractivity contribution in [2.45, 2.75) is 49.7 Å². The Labute approximate surface area is 138 Å². The molecule has 118 valence electrons. The number of hydrogen-bond donors (Lipinski definition) is 1. The third-order valence-corrected chi connectivity index (χ3v) is 8.61. The number of hydrogen-bond acceptors (Lipinski definition) is 2. The molecule has 0 aromatic heterocycles. The number of nitrogens with one attached hydrogen (secondary N) is 1. The Morgan fingerprint density at radius 2 is 2.05 bits per heavy atom. The summed E-state index contributed by atoms with van der Waals surface area (Å²) in [5, 5.41) is 3.37. The highest BCUT2D eigenvalue weighted by molar-refractivity contribution is 8.05. The van der Waals surface area contributed by atoms with Gasteiger partial charge in [-0.3, -0.25) is 0 Å². The Morgan fingerprint density at radius 3 is 2.86 bits per heavy atom. The molecule has 5 aliphatic rings. The molecule has 1 nitrogen and oxygen atoms in total. The van der Waals surface area contributed by atoms with Gasteiger partial charge in [0.05, 0.1) is 4.75 Å². The minimum atomic E-state index is 0.497. The zero-order chi connectivity index (χ0) is 14.7. The molecule has 3 unspecified atom stereocenters. The second kappa shape index (κ2) is 5.01.